The molecule has 148 valence electrons. The molecule has 1 unspecified atom stereocenters. The van der Waals surface area contributed by atoms with E-state index >= 15 is 0 Å². The molecule has 0 saturated carbocycles. The highest BCUT2D eigenvalue weighted by molar-refractivity contribution is 6.32. The summed E-state index contributed by atoms with van der Waals surface area (Å²) in [5.74, 6) is -0.906. The largest absolute Gasteiger partial charge is 0.486 e. The number of carbonyl (C=O) groups is 1. The molecule has 28 heavy (non-hydrogen) atoms. The lowest BCUT2D eigenvalue weighted by atomic mass is 10.0. The first kappa shape index (κ1) is 20.1. The highest BCUT2D eigenvalue weighted by Gasteiger charge is 2.22. The number of hydrogen-bond acceptors (Lipinski definition) is 4. The average Bonchev–Trinajstić information content (AvgIpc) is 2.66. The SMILES string of the molecule is COC(=O)CCC1CNc2cc(C=C(C)c3c(F)cccc3Cl)c(F)cc2O1. The molecule has 7 heteroatoms. The minimum Gasteiger partial charge on any atom is -0.486 e. The Bertz CT molecular complexity index is 910. The van der Waals surface area contributed by atoms with Crippen molar-refractivity contribution in [2.75, 3.05) is 19.0 Å². The van der Waals surface area contributed by atoms with E-state index in [0.717, 1.165) is 0 Å². The molecule has 3 rings (SSSR count). The van der Waals surface area contributed by atoms with E-state index in [1.165, 1.54) is 25.3 Å². The number of fused-ring (bicyclic) bond motifs is 1. The quantitative estimate of drug-likeness (QED) is 0.539. The summed E-state index contributed by atoms with van der Waals surface area (Å²) in [5, 5.41) is 3.45. The van der Waals surface area contributed by atoms with Crippen LogP contribution in [0.1, 0.15) is 30.9 Å². The van der Waals surface area contributed by atoms with Crippen molar-refractivity contribution >= 4 is 34.9 Å². The van der Waals surface area contributed by atoms with Gasteiger partial charge >= 0.3 is 5.97 Å². The van der Waals surface area contributed by atoms with Crippen molar-refractivity contribution in [1.29, 1.82) is 0 Å². The van der Waals surface area contributed by atoms with Crippen LogP contribution in [0.3, 0.4) is 0 Å². The van der Waals surface area contributed by atoms with Crippen LogP contribution in [-0.2, 0) is 9.53 Å². The number of halogens is 3. The number of rotatable bonds is 5. The van der Waals surface area contributed by atoms with Crippen LogP contribution in [0.5, 0.6) is 5.75 Å². The summed E-state index contributed by atoms with van der Waals surface area (Å²) in [6.45, 7) is 2.16. The Labute approximate surface area is 167 Å². The van der Waals surface area contributed by atoms with Crippen molar-refractivity contribution in [2.45, 2.75) is 25.9 Å². The molecule has 2 aromatic rings. The molecule has 0 radical (unpaired) electrons. The molecule has 0 aromatic heterocycles. The van der Waals surface area contributed by atoms with Gasteiger partial charge in [-0.1, -0.05) is 17.7 Å². The van der Waals surface area contributed by atoms with Gasteiger partial charge in [-0.05, 0) is 43.2 Å². The van der Waals surface area contributed by atoms with E-state index in [2.05, 4.69) is 10.1 Å². The molecule has 1 aliphatic heterocycles. The Kier molecular flexibility index (Phi) is 6.19. The molecule has 0 aliphatic carbocycles. The minimum absolute atomic E-state index is 0.226. The van der Waals surface area contributed by atoms with Crippen molar-refractivity contribution < 1.29 is 23.0 Å². The third-order valence-corrected chi connectivity index (χ3v) is 4.85. The van der Waals surface area contributed by atoms with Gasteiger partial charge in [0, 0.05) is 23.6 Å². The summed E-state index contributed by atoms with van der Waals surface area (Å²) in [6.07, 6.45) is 1.98. The van der Waals surface area contributed by atoms with E-state index in [-0.39, 0.29) is 29.1 Å². The highest BCUT2D eigenvalue weighted by Crippen LogP contribution is 2.35. The summed E-state index contributed by atoms with van der Waals surface area (Å²) in [5.41, 5.74) is 1.68. The third kappa shape index (κ3) is 4.44. The van der Waals surface area contributed by atoms with E-state index in [4.69, 9.17) is 16.3 Å². The molecule has 0 bridgehead atoms. The van der Waals surface area contributed by atoms with Crippen LogP contribution < -0.4 is 10.1 Å². The Morgan fingerprint density at radius 1 is 1.36 bits per heavy atom. The zero-order chi connectivity index (χ0) is 20.3. The molecule has 1 atom stereocenters. The fourth-order valence-electron chi connectivity index (χ4n) is 3.08. The summed E-state index contributed by atoms with van der Waals surface area (Å²) in [7, 11) is 1.33. The number of allylic oxidation sites excluding steroid dienone is 1. The van der Waals surface area contributed by atoms with Gasteiger partial charge in [0.25, 0.3) is 0 Å². The summed E-state index contributed by atoms with van der Waals surface area (Å²) in [4.78, 5) is 11.3. The number of hydrogen-bond donors (Lipinski definition) is 1. The van der Waals surface area contributed by atoms with Crippen molar-refractivity contribution in [3.05, 3.63) is 58.1 Å². The van der Waals surface area contributed by atoms with E-state index < -0.39 is 11.6 Å². The Morgan fingerprint density at radius 2 is 2.14 bits per heavy atom. The molecular formula is C21H20ClF2NO3. The summed E-state index contributed by atoms with van der Waals surface area (Å²) in [6, 6.07) is 7.32. The Balaban J connectivity index is 1.82. The molecule has 2 aromatic carbocycles. The molecule has 0 spiro atoms. The second kappa shape index (κ2) is 8.61. The minimum atomic E-state index is -0.499. The number of esters is 1. The maximum Gasteiger partial charge on any atom is 0.305 e. The lowest BCUT2D eigenvalue weighted by molar-refractivity contribution is -0.141. The maximum absolute atomic E-state index is 14.6. The zero-order valence-electron chi connectivity index (χ0n) is 15.5. The monoisotopic (exact) mass is 407 g/mol. The van der Waals surface area contributed by atoms with Crippen LogP contribution in [0, 0.1) is 11.6 Å². The van der Waals surface area contributed by atoms with Crippen molar-refractivity contribution in [1.82, 2.24) is 0 Å². The second-order valence-electron chi connectivity index (χ2n) is 6.53. The van der Waals surface area contributed by atoms with Crippen molar-refractivity contribution in [2.24, 2.45) is 0 Å². The van der Waals surface area contributed by atoms with Crippen LogP contribution in [0.4, 0.5) is 14.5 Å². The number of ether oxygens (including phenoxy) is 2. The normalized spacial score (nSPS) is 16.0. The van der Waals surface area contributed by atoms with E-state index in [0.29, 0.717) is 35.5 Å². The first-order valence-corrected chi connectivity index (χ1v) is 9.20. The number of methoxy groups -OCH3 is 1. The fraction of sp³-hybridized carbons (Fsp3) is 0.286. The molecule has 0 saturated heterocycles. The standard InChI is InChI=1S/C21H20ClF2NO3/c1-12(21-15(22)4-3-5-16(21)23)8-13-9-18-19(10-17(13)24)28-14(11-25-18)6-7-20(26)27-2/h3-5,8-10,14,25H,6-7,11H2,1-2H3. The van der Waals surface area contributed by atoms with Crippen LogP contribution in [0.25, 0.3) is 11.6 Å². The van der Waals surface area contributed by atoms with Gasteiger partial charge in [0.15, 0.2) is 0 Å². The summed E-state index contributed by atoms with van der Waals surface area (Å²) < 4.78 is 39.1. The first-order valence-electron chi connectivity index (χ1n) is 8.82. The molecule has 4 nitrogen and oxygen atoms in total. The van der Waals surface area contributed by atoms with Gasteiger partial charge in [-0.2, -0.15) is 0 Å². The Hall–Kier alpha value is -2.60. The average molecular weight is 408 g/mol. The van der Waals surface area contributed by atoms with Crippen LogP contribution in [0.15, 0.2) is 30.3 Å². The fourth-order valence-corrected chi connectivity index (χ4v) is 3.40. The predicted molar refractivity (Wildman–Crippen MR) is 106 cm³/mol. The highest BCUT2D eigenvalue weighted by atomic mass is 35.5. The van der Waals surface area contributed by atoms with Gasteiger partial charge in [-0.3, -0.25) is 4.79 Å². The van der Waals surface area contributed by atoms with Gasteiger partial charge in [0.2, 0.25) is 0 Å². The first-order chi connectivity index (χ1) is 13.4. The van der Waals surface area contributed by atoms with Gasteiger partial charge in [-0.15, -0.1) is 0 Å². The van der Waals surface area contributed by atoms with E-state index in [1.807, 2.05) is 0 Å². The third-order valence-electron chi connectivity index (χ3n) is 4.54. The molecule has 1 aliphatic rings. The molecule has 1 heterocycles. The number of anilines is 1. The smallest absolute Gasteiger partial charge is 0.305 e. The Morgan fingerprint density at radius 3 is 2.86 bits per heavy atom. The molecular weight excluding hydrogens is 388 g/mol. The van der Waals surface area contributed by atoms with Crippen LogP contribution >= 0.6 is 11.6 Å². The van der Waals surface area contributed by atoms with E-state index in [1.54, 1.807) is 25.1 Å². The van der Waals surface area contributed by atoms with Gasteiger partial charge < -0.3 is 14.8 Å². The lowest BCUT2D eigenvalue weighted by Crippen LogP contribution is -2.31. The molecule has 0 amide bonds. The van der Waals surface area contributed by atoms with Crippen LogP contribution in [0.2, 0.25) is 5.02 Å². The molecule has 1 N–H and O–H groups in total. The van der Waals surface area contributed by atoms with Gasteiger partial charge in [-0.25, -0.2) is 8.78 Å². The van der Waals surface area contributed by atoms with Gasteiger partial charge in [0.05, 0.1) is 24.4 Å². The number of benzene rings is 2. The zero-order valence-corrected chi connectivity index (χ0v) is 16.3. The predicted octanol–water partition coefficient (Wildman–Crippen LogP) is 5.30. The number of nitrogens with one attached hydrogen (secondary N) is 1. The second-order valence-corrected chi connectivity index (χ2v) is 6.94. The van der Waals surface area contributed by atoms with E-state index in [9.17, 15) is 13.6 Å². The van der Waals surface area contributed by atoms with Crippen molar-refractivity contribution in [3.63, 3.8) is 0 Å². The maximum atomic E-state index is 14.6. The topological polar surface area (TPSA) is 47.6 Å². The van der Waals surface area contributed by atoms with Gasteiger partial charge in [0.1, 0.15) is 23.5 Å². The lowest BCUT2D eigenvalue weighted by Gasteiger charge is -2.27. The summed E-state index contributed by atoms with van der Waals surface area (Å²) >= 11 is 6.08. The van der Waals surface area contributed by atoms with Crippen LogP contribution in [-0.4, -0.2) is 25.7 Å². The molecule has 0 fully saturated rings. The van der Waals surface area contributed by atoms with Crippen molar-refractivity contribution in [3.8, 4) is 5.75 Å². The number of carbonyl (C=O) groups excluding carboxylic acids is 1.